The summed E-state index contributed by atoms with van der Waals surface area (Å²) in [6, 6.07) is 5.21. The van der Waals surface area contributed by atoms with Crippen LogP contribution in [0.2, 0.25) is 0 Å². The summed E-state index contributed by atoms with van der Waals surface area (Å²) in [5.74, 6) is -0.668. The molecule has 0 spiro atoms. The van der Waals surface area contributed by atoms with Gasteiger partial charge in [-0.2, -0.15) is 0 Å². The van der Waals surface area contributed by atoms with Crippen molar-refractivity contribution in [1.29, 1.82) is 0 Å². The minimum Gasteiger partial charge on any atom is -0.450 e. The number of nitrogens with zero attached hydrogens (tertiary/aromatic N) is 4. The van der Waals surface area contributed by atoms with Gasteiger partial charge in [-0.05, 0) is 69.4 Å². The van der Waals surface area contributed by atoms with Gasteiger partial charge in [-0.25, -0.2) is 18.5 Å². The van der Waals surface area contributed by atoms with Crippen molar-refractivity contribution in [3.05, 3.63) is 61.4 Å². The molecule has 0 bridgehead atoms. The Balaban J connectivity index is 1.66. The summed E-state index contributed by atoms with van der Waals surface area (Å²) < 4.78 is 21.1. The second-order valence-electron chi connectivity index (χ2n) is 9.47. The molecule has 2 aliphatic heterocycles. The molecule has 5 rings (SSSR count). The second kappa shape index (κ2) is 10.1. The molecule has 196 valence electrons. The molecular weight excluding hydrogens is 499 g/mol. The normalized spacial score (nSPS) is 17.6. The van der Waals surface area contributed by atoms with E-state index in [-0.39, 0.29) is 37.3 Å². The van der Waals surface area contributed by atoms with E-state index in [1.807, 2.05) is 6.92 Å². The predicted octanol–water partition coefficient (Wildman–Crippen LogP) is 3.27. The van der Waals surface area contributed by atoms with Crippen LogP contribution in [0.5, 0.6) is 0 Å². The Morgan fingerprint density at radius 3 is 2.59 bits per heavy atom. The van der Waals surface area contributed by atoms with Gasteiger partial charge in [-0.1, -0.05) is 0 Å². The second-order valence-corrected chi connectivity index (χ2v) is 10.6. The van der Waals surface area contributed by atoms with Crippen molar-refractivity contribution in [1.82, 2.24) is 18.9 Å². The Labute approximate surface area is 216 Å². The summed E-state index contributed by atoms with van der Waals surface area (Å²) in [5, 5.41) is 0.368. The molecule has 0 aliphatic carbocycles. The fourth-order valence-electron chi connectivity index (χ4n) is 5.23. The number of fused-ring (bicyclic) bond motifs is 3. The third-order valence-electron chi connectivity index (χ3n) is 7.15. The van der Waals surface area contributed by atoms with Gasteiger partial charge in [-0.3, -0.25) is 14.2 Å². The van der Waals surface area contributed by atoms with Crippen LogP contribution < -0.4 is 11.2 Å². The van der Waals surface area contributed by atoms with E-state index in [0.29, 0.717) is 29.7 Å². The third-order valence-corrected chi connectivity index (χ3v) is 8.39. The quantitative estimate of drug-likeness (QED) is 0.518. The minimum atomic E-state index is -0.650. The summed E-state index contributed by atoms with van der Waals surface area (Å²) in [7, 11) is 0. The first-order valence-electron chi connectivity index (χ1n) is 12.6. The van der Waals surface area contributed by atoms with E-state index in [1.165, 1.54) is 40.2 Å². The number of hydrogen-bond acceptors (Lipinski definition) is 6. The van der Waals surface area contributed by atoms with Gasteiger partial charge >= 0.3 is 11.8 Å². The number of likely N-dealkylation sites (tertiary alicyclic amines) is 1. The Morgan fingerprint density at radius 1 is 1.14 bits per heavy atom. The lowest BCUT2D eigenvalue weighted by Crippen LogP contribution is -2.46. The lowest BCUT2D eigenvalue weighted by Gasteiger charge is -2.33. The van der Waals surface area contributed by atoms with Gasteiger partial charge in [0.05, 0.1) is 24.2 Å². The van der Waals surface area contributed by atoms with Gasteiger partial charge in [0.2, 0.25) is 5.91 Å². The molecule has 11 heteroatoms. The van der Waals surface area contributed by atoms with Crippen LogP contribution in [0, 0.1) is 5.82 Å². The van der Waals surface area contributed by atoms with Crippen LogP contribution in [0.1, 0.15) is 43.6 Å². The highest BCUT2D eigenvalue weighted by molar-refractivity contribution is 7.18. The van der Waals surface area contributed by atoms with Crippen LogP contribution in [0.15, 0.2) is 33.9 Å². The van der Waals surface area contributed by atoms with Crippen LogP contribution in [0.25, 0.3) is 15.9 Å². The van der Waals surface area contributed by atoms with E-state index >= 15 is 0 Å². The molecule has 2 aromatic heterocycles. The summed E-state index contributed by atoms with van der Waals surface area (Å²) in [5.41, 5.74) is -0.157. The first-order chi connectivity index (χ1) is 17.8. The van der Waals surface area contributed by atoms with E-state index < -0.39 is 23.2 Å². The number of carbonyl (C=O) groups is 2. The van der Waals surface area contributed by atoms with E-state index in [1.54, 1.807) is 16.7 Å². The standard InChI is InChI=1S/C26H29FN4O5S/c1-3-36-26(35)28-13-11-19-20(14-28)37-24-22(19)23(33)31(18-9-7-17(27)8-10-18)25(34)30(24)15-21(32)29-12-5-4-6-16(29)2/h7-10,16H,3-6,11-15H2,1-2H3/t16-/m0/s1. The molecule has 0 radical (unpaired) electrons. The molecule has 0 unspecified atom stereocenters. The van der Waals surface area contributed by atoms with Crippen molar-refractivity contribution >= 4 is 33.6 Å². The fraction of sp³-hybridized carbons (Fsp3) is 0.462. The number of carbonyl (C=O) groups excluding carboxylic acids is 2. The Kier molecular flexibility index (Phi) is 6.89. The SMILES string of the molecule is CCOC(=O)N1CCc2c(sc3c2c(=O)n(-c2ccc(F)cc2)c(=O)n3CC(=O)N2CCCC[C@@H]2C)C1. The molecule has 1 saturated heterocycles. The van der Waals surface area contributed by atoms with Crippen LogP contribution in [-0.2, 0) is 29.0 Å². The van der Waals surface area contributed by atoms with Crippen molar-refractivity contribution in [2.24, 2.45) is 0 Å². The number of amides is 2. The number of hydrogen-bond donors (Lipinski definition) is 0. The zero-order chi connectivity index (χ0) is 26.3. The molecule has 2 aliphatic rings. The van der Waals surface area contributed by atoms with Crippen LogP contribution in [-0.4, -0.2) is 56.7 Å². The molecule has 3 aromatic rings. The first-order valence-corrected chi connectivity index (χ1v) is 13.4. The van der Waals surface area contributed by atoms with Gasteiger partial charge in [0.15, 0.2) is 0 Å². The maximum atomic E-state index is 13.7. The lowest BCUT2D eigenvalue weighted by molar-refractivity contribution is -0.135. The average molecular weight is 529 g/mol. The topological polar surface area (TPSA) is 93.8 Å². The molecule has 1 aromatic carbocycles. The Bertz CT molecular complexity index is 1480. The highest BCUT2D eigenvalue weighted by Gasteiger charge is 2.30. The smallest absolute Gasteiger partial charge is 0.410 e. The van der Waals surface area contributed by atoms with Crippen molar-refractivity contribution in [2.75, 3.05) is 19.7 Å². The lowest BCUT2D eigenvalue weighted by atomic mass is 10.0. The molecule has 1 fully saturated rings. The Hall–Kier alpha value is -3.47. The number of ether oxygens (including phenoxy) is 1. The zero-order valence-electron chi connectivity index (χ0n) is 20.9. The van der Waals surface area contributed by atoms with Crippen LogP contribution in [0.4, 0.5) is 9.18 Å². The fourth-order valence-corrected chi connectivity index (χ4v) is 6.58. The predicted molar refractivity (Wildman–Crippen MR) is 138 cm³/mol. The van der Waals surface area contributed by atoms with Crippen LogP contribution >= 0.6 is 11.3 Å². The number of benzene rings is 1. The van der Waals surface area contributed by atoms with Crippen LogP contribution in [0.3, 0.4) is 0 Å². The largest absolute Gasteiger partial charge is 0.450 e. The minimum absolute atomic E-state index is 0.0742. The summed E-state index contributed by atoms with van der Waals surface area (Å²) in [6.45, 7) is 5.05. The maximum Gasteiger partial charge on any atom is 0.410 e. The first kappa shape index (κ1) is 25.2. The van der Waals surface area contributed by atoms with E-state index in [2.05, 4.69) is 0 Å². The molecule has 2 amide bonds. The van der Waals surface area contributed by atoms with Gasteiger partial charge in [0.1, 0.15) is 17.2 Å². The van der Waals surface area contributed by atoms with Crippen molar-refractivity contribution in [3.8, 4) is 5.69 Å². The number of aromatic nitrogens is 2. The van der Waals surface area contributed by atoms with Crippen molar-refractivity contribution < 1.29 is 18.7 Å². The molecular formula is C26H29FN4O5S. The monoisotopic (exact) mass is 528 g/mol. The van der Waals surface area contributed by atoms with E-state index in [0.717, 1.165) is 34.3 Å². The summed E-state index contributed by atoms with van der Waals surface area (Å²) >= 11 is 1.26. The Morgan fingerprint density at radius 2 is 1.89 bits per heavy atom. The summed E-state index contributed by atoms with van der Waals surface area (Å²) in [4.78, 5) is 57.8. The van der Waals surface area contributed by atoms with Crippen molar-refractivity contribution in [3.63, 3.8) is 0 Å². The van der Waals surface area contributed by atoms with Gasteiger partial charge < -0.3 is 14.5 Å². The van der Waals surface area contributed by atoms with Gasteiger partial charge in [0, 0.05) is 24.0 Å². The molecule has 0 saturated carbocycles. The number of thiophene rings is 1. The molecule has 9 nitrogen and oxygen atoms in total. The highest BCUT2D eigenvalue weighted by atomic mass is 32.1. The molecule has 4 heterocycles. The summed E-state index contributed by atoms with van der Waals surface area (Å²) in [6.07, 6.45) is 2.86. The molecule has 1 atom stereocenters. The molecule has 0 N–H and O–H groups in total. The number of piperidine rings is 1. The number of halogens is 1. The zero-order valence-corrected chi connectivity index (χ0v) is 21.7. The number of rotatable bonds is 4. The maximum absolute atomic E-state index is 13.7. The van der Waals surface area contributed by atoms with E-state index in [9.17, 15) is 23.6 Å². The van der Waals surface area contributed by atoms with Crippen molar-refractivity contribution in [2.45, 2.75) is 58.7 Å². The van der Waals surface area contributed by atoms with Gasteiger partial charge in [0.25, 0.3) is 5.56 Å². The average Bonchev–Trinajstić information content (AvgIpc) is 3.27. The van der Waals surface area contributed by atoms with Gasteiger partial charge in [-0.15, -0.1) is 11.3 Å². The van der Waals surface area contributed by atoms with E-state index in [4.69, 9.17) is 4.74 Å². The molecule has 37 heavy (non-hydrogen) atoms. The third kappa shape index (κ3) is 4.56. The highest BCUT2D eigenvalue weighted by Crippen LogP contribution is 2.33.